The third kappa shape index (κ3) is 20.2. The summed E-state index contributed by atoms with van der Waals surface area (Å²) in [6, 6.07) is 0. The van der Waals surface area contributed by atoms with Gasteiger partial charge < -0.3 is 28.4 Å². The number of carbonyl (C=O) groups excluding carboxylic acids is 3. The molecule has 0 saturated carbocycles. The van der Waals surface area contributed by atoms with Crippen LogP contribution < -0.4 is 0 Å². The Bertz CT molecular complexity index is 659. The number of allylic oxidation sites excluding steroid dienone is 3. The van der Waals surface area contributed by atoms with Crippen LogP contribution in [0, 0.1) is 0 Å². The van der Waals surface area contributed by atoms with Gasteiger partial charge in [-0.05, 0) is 37.5 Å². The molecule has 0 aromatic heterocycles. The average Bonchev–Trinajstić information content (AvgIpc) is 2.83. The van der Waals surface area contributed by atoms with E-state index < -0.39 is 0 Å². The van der Waals surface area contributed by atoms with Gasteiger partial charge in [-0.1, -0.05) is 19.7 Å². The number of Topliss-reactive ketones (excluding diaryl/α,β-unsaturated/α-hetero) is 3. The van der Waals surface area contributed by atoms with Crippen LogP contribution in [0.2, 0.25) is 0 Å². The standard InChI is InChI=1S/C27H44O9/c1-21(2)25(28)7-10-31-13-15-34-19-24(36-18-17-33-12-9-27(30)23(5)6)20-35-16-14-32-11-8-26(29)22(3)4/h24H,1,3,5,7-20H2,2,4,6H3. The highest BCUT2D eigenvalue weighted by Crippen LogP contribution is 2.00. The van der Waals surface area contributed by atoms with Crippen molar-refractivity contribution in [1.82, 2.24) is 0 Å². The van der Waals surface area contributed by atoms with Crippen molar-refractivity contribution < 1.29 is 42.8 Å². The molecule has 0 amide bonds. The van der Waals surface area contributed by atoms with Crippen LogP contribution in [-0.2, 0) is 42.8 Å². The summed E-state index contributed by atoms with van der Waals surface area (Å²) in [5.74, 6) is -0.0497. The fourth-order valence-corrected chi connectivity index (χ4v) is 2.52. The highest BCUT2D eigenvalue weighted by atomic mass is 16.6. The van der Waals surface area contributed by atoms with Crippen molar-refractivity contribution in [3.63, 3.8) is 0 Å². The van der Waals surface area contributed by atoms with Crippen LogP contribution in [0.25, 0.3) is 0 Å². The van der Waals surface area contributed by atoms with Gasteiger partial charge in [0.25, 0.3) is 0 Å². The summed E-state index contributed by atoms with van der Waals surface area (Å²) in [4.78, 5) is 34.5. The lowest BCUT2D eigenvalue weighted by atomic mass is 10.2. The van der Waals surface area contributed by atoms with E-state index in [1.807, 2.05) is 0 Å². The SMILES string of the molecule is C=C(C)C(=O)CCOCCOCC(COCCOCCC(=O)C(=C)C)OCCOCCC(=O)C(=C)C. The topological polar surface area (TPSA) is 107 Å². The first-order valence-corrected chi connectivity index (χ1v) is 12.2. The molecule has 0 aliphatic rings. The van der Waals surface area contributed by atoms with E-state index in [-0.39, 0.29) is 36.7 Å². The number of hydrogen-bond acceptors (Lipinski definition) is 9. The smallest absolute Gasteiger partial charge is 0.160 e. The van der Waals surface area contributed by atoms with E-state index in [4.69, 9.17) is 28.4 Å². The summed E-state index contributed by atoms with van der Waals surface area (Å²) in [5.41, 5.74) is 1.56. The molecule has 0 N–H and O–H groups in total. The number of rotatable bonds is 26. The molecule has 0 aromatic rings. The molecule has 9 nitrogen and oxygen atoms in total. The van der Waals surface area contributed by atoms with E-state index in [0.717, 1.165) is 0 Å². The molecule has 0 atom stereocenters. The summed E-state index contributed by atoms with van der Waals surface area (Å²) in [6.45, 7) is 19.4. The Morgan fingerprint density at radius 1 is 0.500 bits per heavy atom. The van der Waals surface area contributed by atoms with Gasteiger partial charge in [0.15, 0.2) is 17.3 Å². The van der Waals surface area contributed by atoms with Crippen LogP contribution in [0.5, 0.6) is 0 Å². The zero-order valence-electron chi connectivity index (χ0n) is 22.3. The Kier molecular flexibility index (Phi) is 21.0. The molecule has 0 fully saturated rings. The highest BCUT2D eigenvalue weighted by molar-refractivity contribution is 5.94. The molecule has 0 unspecified atom stereocenters. The van der Waals surface area contributed by atoms with Gasteiger partial charge in [-0.15, -0.1) is 0 Å². The van der Waals surface area contributed by atoms with Crippen LogP contribution in [0.15, 0.2) is 36.5 Å². The first-order valence-electron chi connectivity index (χ1n) is 12.2. The Morgan fingerprint density at radius 2 is 0.806 bits per heavy atom. The summed E-state index contributed by atoms with van der Waals surface area (Å²) >= 11 is 0. The van der Waals surface area contributed by atoms with Gasteiger partial charge in [0.2, 0.25) is 0 Å². The minimum Gasteiger partial charge on any atom is -0.379 e. The van der Waals surface area contributed by atoms with Crippen LogP contribution in [0.4, 0.5) is 0 Å². The molecule has 0 saturated heterocycles. The molecule has 0 bridgehead atoms. The van der Waals surface area contributed by atoms with E-state index in [1.165, 1.54) is 0 Å². The number of hydrogen-bond donors (Lipinski definition) is 0. The summed E-state index contributed by atoms with van der Waals surface area (Å²) < 4.78 is 33.3. The highest BCUT2D eigenvalue weighted by Gasteiger charge is 2.11. The average molecular weight is 513 g/mol. The first kappa shape index (κ1) is 34.0. The lowest BCUT2D eigenvalue weighted by molar-refractivity contribution is -0.118. The van der Waals surface area contributed by atoms with E-state index in [9.17, 15) is 14.4 Å². The van der Waals surface area contributed by atoms with Gasteiger partial charge in [-0.25, -0.2) is 0 Å². The van der Waals surface area contributed by atoms with E-state index in [0.29, 0.717) is 95.4 Å². The fourth-order valence-electron chi connectivity index (χ4n) is 2.52. The van der Waals surface area contributed by atoms with Gasteiger partial charge in [0.1, 0.15) is 6.10 Å². The van der Waals surface area contributed by atoms with Gasteiger partial charge in [-0.2, -0.15) is 0 Å². The summed E-state index contributed by atoms with van der Waals surface area (Å²) in [7, 11) is 0. The molecular formula is C27H44O9. The van der Waals surface area contributed by atoms with Crippen LogP contribution in [0.3, 0.4) is 0 Å². The molecule has 0 aromatic carbocycles. The molecule has 0 aliphatic carbocycles. The number of ketones is 3. The van der Waals surface area contributed by atoms with Crippen molar-refractivity contribution in [2.45, 2.75) is 46.1 Å². The van der Waals surface area contributed by atoms with E-state index in [2.05, 4.69) is 19.7 Å². The normalized spacial score (nSPS) is 11.0. The van der Waals surface area contributed by atoms with Crippen molar-refractivity contribution in [2.24, 2.45) is 0 Å². The Balaban J connectivity index is 4.14. The maximum atomic E-state index is 11.5. The molecule has 36 heavy (non-hydrogen) atoms. The summed E-state index contributed by atoms with van der Waals surface area (Å²) in [5, 5.41) is 0. The van der Waals surface area contributed by atoms with Crippen LogP contribution >= 0.6 is 0 Å². The van der Waals surface area contributed by atoms with Crippen molar-refractivity contribution in [2.75, 3.05) is 72.7 Å². The third-order valence-corrected chi connectivity index (χ3v) is 4.78. The fraction of sp³-hybridized carbons (Fsp3) is 0.667. The molecule has 0 heterocycles. The van der Waals surface area contributed by atoms with E-state index >= 15 is 0 Å². The minimum atomic E-state index is -0.333. The lowest BCUT2D eigenvalue weighted by Gasteiger charge is -2.18. The van der Waals surface area contributed by atoms with Crippen molar-refractivity contribution in [3.05, 3.63) is 36.5 Å². The summed E-state index contributed by atoms with van der Waals surface area (Å²) in [6.07, 6.45) is 0.564. The molecule has 0 aliphatic heterocycles. The van der Waals surface area contributed by atoms with E-state index in [1.54, 1.807) is 20.8 Å². The Hall–Kier alpha value is -2.01. The van der Waals surface area contributed by atoms with Gasteiger partial charge in [0, 0.05) is 19.3 Å². The second kappa shape index (κ2) is 22.2. The van der Waals surface area contributed by atoms with Gasteiger partial charge in [0.05, 0.1) is 72.7 Å². The predicted molar refractivity (Wildman–Crippen MR) is 137 cm³/mol. The van der Waals surface area contributed by atoms with Gasteiger partial charge >= 0.3 is 0 Å². The second-order valence-electron chi connectivity index (χ2n) is 8.34. The largest absolute Gasteiger partial charge is 0.379 e. The molecule has 9 heteroatoms. The maximum absolute atomic E-state index is 11.5. The third-order valence-electron chi connectivity index (χ3n) is 4.78. The number of ether oxygens (including phenoxy) is 6. The van der Waals surface area contributed by atoms with Crippen LogP contribution in [-0.4, -0.2) is 96.1 Å². The Labute approximate surface area is 215 Å². The monoisotopic (exact) mass is 512 g/mol. The Morgan fingerprint density at radius 3 is 1.14 bits per heavy atom. The van der Waals surface area contributed by atoms with Gasteiger partial charge in [-0.3, -0.25) is 14.4 Å². The van der Waals surface area contributed by atoms with Crippen molar-refractivity contribution >= 4 is 17.3 Å². The zero-order valence-corrected chi connectivity index (χ0v) is 22.3. The lowest BCUT2D eigenvalue weighted by Crippen LogP contribution is -2.29. The number of carbonyl (C=O) groups is 3. The molecule has 0 radical (unpaired) electrons. The maximum Gasteiger partial charge on any atom is 0.160 e. The van der Waals surface area contributed by atoms with Crippen molar-refractivity contribution in [1.29, 1.82) is 0 Å². The molecule has 0 spiro atoms. The quantitative estimate of drug-likeness (QED) is 0.128. The minimum absolute atomic E-state index is 0.0147. The zero-order chi connectivity index (χ0) is 27.2. The van der Waals surface area contributed by atoms with Crippen molar-refractivity contribution in [3.8, 4) is 0 Å². The predicted octanol–water partition coefficient (Wildman–Crippen LogP) is 3.06. The van der Waals surface area contributed by atoms with Crippen LogP contribution in [0.1, 0.15) is 40.0 Å². The molecular weight excluding hydrogens is 468 g/mol. The first-order chi connectivity index (χ1) is 17.1. The molecule has 0 rings (SSSR count). The second-order valence-corrected chi connectivity index (χ2v) is 8.34. The molecule has 206 valence electrons.